The molecular formula is C18H12Cl2N2O2S. The number of carbonyl (C=O) groups is 1. The molecule has 4 rings (SSSR count). The van der Waals surface area contributed by atoms with E-state index in [1.807, 2.05) is 29.6 Å². The van der Waals surface area contributed by atoms with Gasteiger partial charge in [-0.3, -0.25) is 4.79 Å². The zero-order chi connectivity index (χ0) is 17.4. The number of carbonyl (C=O) groups excluding carboxylic acids is 1. The number of ether oxygens (including phenoxy) is 1. The summed E-state index contributed by atoms with van der Waals surface area (Å²) in [5.74, 6) is 0.553. The number of halogens is 2. The standard InChI is InChI=1S/C18H12Cl2N2O2S/c19-13-3-1-12(14(20)6-13)7-22-16-5-11(15-9-25-10-21-15)2-4-17(16)24-8-18(22)23/h1-6,9-10H,7-8H2. The molecule has 1 amide bonds. The second kappa shape index (κ2) is 6.67. The van der Waals surface area contributed by atoms with Crippen LogP contribution in [-0.4, -0.2) is 17.5 Å². The molecule has 4 nitrogen and oxygen atoms in total. The Morgan fingerprint density at radius 2 is 2.08 bits per heavy atom. The molecule has 0 radical (unpaired) electrons. The lowest BCUT2D eigenvalue weighted by atomic mass is 10.1. The molecule has 0 fully saturated rings. The number of rotatable bonds is 3. The van der Waals surface area contributed by atoms with Crippen LogP contribution in [0.15, 0.2) is 47.3 Å². The second-order valence-corrected chi connectivity index (χ2v) is 7.12. The Hall–Kier alpha value is -2.08. The van der Waals surface area contributed by atoms with E-state index in [2.05, 4.69) is 4.98 Å². The molecule has 126 valence electrons. The fourth-order valence-corrected chi connectivity index (χ4v) is 3.74. The molecule has 0 bridgehead atoms. The van der Waals surface area contributed by atoms with E-state index in [0.717, 1.165) is 16.8 Å². The number of amides is 1. The predicted molar refractivity (Wildman–Crippen MR) is 101 cm³/mol. The minimum absolute atomic E-state index is 0.00819. The molecule has 2 aromatic carbocycles. The van der Waals surface area contributed by atoms with Crippen LogP contribution >= 0.6 is 34.5 Å². The van der Waals surface area contributed by atoms with Gasteiger partial charge in [-0.1, -0.05) is 29.3 Å². The van der Waals surface area contributed by atoms with Gasteiger partial charge in [0.1, 0.15) is 5.75 Å². The fraction of sp³-hybridized carbons (Fsp3) is 0.111. The Kier molecular flexibility index (Phi) is 4.37. The maximum absolute atomic E-state index is 12.5. The molecule has 0 spiro atoms. The van der Waals surface area contributed by atoms with E-state index in [1.165, 1.54) is 11.3 Å². The number of thiazole rings is 1. The average molecular weight is 391 g/mol. The highest BCUT2D eigenvalue weighted by Gasteiger charge is 2.26. The zero-order valence-electron chi connectivity index (χ0n) is 12.9. The van der Waals surface area contributed by atoms with Crippen molar-refractivity contribution in [1.82, 2.24) is 4.98 Å². The lowest BCUT2D eigenvalue weighted by Crippen LogP contribution is -2.38. The van der Waals surface area contributed by atoms with Crippen LogP contribution in [0.4, 0.5) is 5.69 Å². The van der Waals surface area contributed by atoms with Crippen LogP contribution in [0.25, 0.3) is 11.3 Å². The predicted octanol–water partition coefficient (Wildman–Crippen LogP) is 5.04. The normalized spacial score (nSPS) is 13.5. The SMILES string of the molecule is O=C1COc2ccc(-c3cscn3)cc2N1Cc1ccc(Cl)cc1Cl. The van der Waals surface area contributed by atoms with Crippen molar-refractivity contribution < 1.29 is 9.53 Å². The number of nitrogens with zero attached hydrogens (tertiary/aromatic N) is 2. The van der Waals surface area contributed by atoms with Crippen molar-refractivity contribution in [3.8, 4) is 17.0 Å². The number of benzene rings is 2. The molecule has 0 unspecified atom stereocenters. The summed E-state index contributed by atoms with van der Waals surface area (Å²) >= 11 is 13.8. The first kappa shape index (κ1) is 16.4. The number of hydrogen-bond donors (Lipinski definition) is 0. The first-order chi connectivity index (χ1) is 12.1. The van der Waals surface area contributed by atoms with Gasteiger partial charge < -0.3 is 9.64 Å². The first-order valence-corrected chi connectivity index (χ1v) is 9.21. The molecule has 0 aliphatic carbocycles. The van der Waals surface area contributed by atoms with E-state index in [4.69, 9.17) is 27.9 Å². The van der Waals surface area contributed by atoms with Crippen LogP contribution in [0.5, 0.6) is 5.75 Å². The summed E-state index contributed by atoms with van der Waals surface area (Å²) in [6, 6.07) is 11.0. The minimum atomic E-state index is -0.117. The van der Waals surface area contributed by atoms with Gasteiger partial charge in [-0.2, -0.15) is 0 Å². The number of hydrogen-bond acceptors (Lipinski definition) is 4. The number of fused-ring (bicyclic) bond motifs is 1. The monoisotopic (exact) mass is 390 g/mol. The van der Waals surface area contributed by atoms with Crippen molar-refractivity contribution in [3.05, 3.63) is 62.9 Å². The molecule has 7 heteroatoms. The average Bonchev–Trinajstić information content (AvgIpc) is 3.13. The summed E-state index contributed by atoms with van der Waals surface area (Å²) in [6.07, 6.45) is 0. The van der Waals surface area contributed by atoms with E-state index in [-0.39, 0.29) is 12.5 Å². The highest BCUT2D eigenvalue weighted by atomic mass is 35.5. The second-order valence-electron chi connectivity index (χ2n) is 5.56. The fourth-order valence-electron chi connectivity index (χ4n) is 2.71. The Bertz CT molecular complexity index is 944. The molecule has 2 heterocycles. The van der Waals surface area contributed by atoms with E-state index in [0.29, 0.717) is 28.0 Å². The van der Waals surface area contributed by atoms with Crippen LogP contribution in [-0.2, 0) is 11.3 Å². The third-order valence-electron chi connectivity index (χ3n) is 3.97. The van der Waals surface area contributed by atoms with Crippen molar-refractivity contribution in [3.63, 3.8) is 0 Å². The summed E-state index contributed by atoms with van der Waals surface area (Å²) in [5, 5.41) is 3.06. The van der Waals surface area contributed by atoms with E-state index in [9.17, 15) is 4.79 Å². The zero-order valence-corrected chi connectivity index (χ0v) is 15.2. The summed E-state index contributed by atoms with van der Waals surface area (Å²) in [4.78, 5) is 18.5. The number of anilines is 1. The van der Waals surface area contributed by atoms with Crippen molar-refractivity contribution in [2.45, 2.75) is 6.54 Å². The molecule has 1 aliphatic rings. The molecule has 3 aromatic rings. The molecule has 1 aromatic heterocycles. The summed E-state index contributed by atoms with van der Waals surface area (Å²) in [7, 11) is 0. The molecular weight excluding hydrogens is 379 g/mol. The van der Waals surface area contributed by atoms with Crippen LogP contribution < -0.4 is 9.64 Å². The van der Waals surface area contributed by atoms with Gasteiger partial charge in [0.15, 0.2) is 6.61 Å². The molecule has 0 N–H and O–H groups in total. The smallest absolute Gasteiger partial charge is 0.265 e. The largest absolute Gasteiger partial charge is 0.482 e. The van der Waals surface area contributed by atoms with Crippen molar-refractivity contribution in [2.75, 3.05) is 11.5 Å². The molecule has 0 atom stereocenters. The van der Waals surface area contributed by atoms with Crippen LogP contribution in [0, 0.1) is 0 Å². The van der Waals surface area contributed by atoms with Gasteiger partial charge >= 0.3 is 0 Å². The lowest BCUT2D eigenvalue weighted by molar-refractivity contribution is -0.121. The van der Waals surface area contributed by atoms with E-state index in [1.54, 1.807) is 22.5 Å². The third kappa shape index (κ3) is 3.23. The highest BCUT2D eigenvalue weighted by molar-refractivity contribution is 7.07. The van der Waals surface area contributed by atoms with Crippen molar-refractivity contribution in [2.24, 2.45) is 0 Å². The van der Waals surface area contributed by atoms with Gasteiger partial charge in [0.2, 0.25) is 0 Å². The maximum atomic E-state index is 12.5. The van der Waals surface area contributed by atoms with Gasteiger partial charge in [-0.15, -0.1) is 11.3 Å². The molecule has 25 heavy (non-hydrogen) atoms. The summed E-state index contributed by atoms with van der Waals surface area (Å²) < 4.78 is 5.56. The summed E-state index contributed by atoms with van der Waals surface area (Å²) in [6.45, 7) is 0.361. The van der Waals surface area contributed by atoms with Crippen molar-refractivity contribution in [1.29, 1.82) is 0 Å². The van der Waals surface area contributed by atoms with Crippen LogP contribution in [0.3, 0.4) is 0 Å². The van der Waals surface area contributed by atoms with Gasteiger partial charge in [0.05, 0.1) is 23.4 Å². The topological polar surface area (TPSA) is 42.4 Å². The number of aromatic nitrogens is 1. The summed E-state index contributed by atoms with van der Waals surface area (Å²) in [5.41, 5.74) is 5.13. The Balaban J connectivity index is 1.73. The van der Waals surface area contributed by atoms with Gasteiger partial charge in [0, 0.05) is 21.0 Å². The molecule has 0 saturated heterocycles. The Labute approximate surface area is 158 Å². The molecule has 1 aliphatic heterocycles. The van der Waals surface area contributed by atoms with Crippen LogP contribution in [0.2, 0.25) is 10.0 Å². The van der Waals surface area contributed by atoms with E-state index >= 15 is 0 Å². The van der Waals surface area contributed by atoms with Crippen molar-refractivity contribution >= 4 is 46.1 Å². The van der Waals surface area contributed by atoms with Gasteiger partial charge in [0.25, 0.3) is 5.91 Å². The Morgan fingerprint density at radius 1 is 1.20 bits per heavy atom. The lowest BCUT2D eigenvalue weighted by Gasteiger charge is -2.30. The molecule has 0 saturated carbocycles. The van der Waals surface area contributed by atoms with E-state index < -0.39 is 0 Å². The van der Waals surface area contributed by atoms with Crippen LogP contribution in [0.1, 0.15) is 5.56 Å². The van der Waals surface area contributed by atoms with Gasteiger partial charge in [-0.05, 0) is 35.9 Å². The third-order valence-corrected chi connectivity index (χ3v) is 5.15. The highest BCUT2D eigenvalue weighted by Crippen LogP contribution is 2.37. The minimum Gasteiger partial charge on any atom is -0.482 e. The Morgan fingerprint density at radius 3 is 2.84 bits per heavy atom. The maximum Gasteiger partial charge on any atom is 0.265 e. The first-order valence-electron chi connectivity index (χ1n) is 7.51. The van der Waals surface area contributed by atoms with Gasteiger partial charge in [-0.25, -0.2) is 4.98 Å². The quantitative estimate of drug-likeness (QED) is 0.628.